The van der Waals surface area contributed by atoms with E-state index in [9.17, 15) is 9.59 Å². The van der Waals surface area contributed by atoms with Crippen LogP contribution in [0.5, 0.6) is 0 Å². The molecule has 0 fully saturated rings. The molecule has 0 saturated heterocycles. The number of amides is 1. The zero-order chi connectivity index (χ0) is 22.7. The summed E-state index contributed by atoms with van der Waals surface area (Å²) >= 11 is 1.67. The van der Waals surface area contributed by atoms with E-state index < -0.39 is 5.91 Å². The van der Waals surface area contributed by atoms with Crippen LogP contribution < -0.4 is 16.6 Å². The molecule has 4 rings (SSSR count). The molecule has 4 aromatic rings. The Morgan fingerprint density at radius 1 is 1.06 bits per heavy atom. The van der Waals surface area contributed by atoms with Crippen molar-refractivity contribution in [3.8, 4) is 0 Å². The monoisotopic (exact) mass is 446 g/mol. The van der Waals surface area contributed by atoms with E-state index in [0.717, 1.165) is 10.4 Å². The molecule has 1 atom stereocenters. The molecule has 0 spiro atoms. The number of nitrogens with zero attached hydrogens (tertiary/aromatic N) is 2. The van der Waals surface area contributed by atoms with E-state index in [1.165, 1.54) is 10.1 Å². The third-order valence-corrected chi connectivity index (χ3v) is 6.42. The second-order valence-corrected chi connectivity index (χ2v) is 9.03. The van der Waals surface area contributed by atoms with Gasteiger partial charge in [-0.1, -0.05) is 56.3 Å². The second kappa shape index (κ2) is 9.46. The highest BCUT2D eigenvalue weighted by atomic mass is 32.1. The predicted octanol–water partition coefficient (Wildman–Crippen LogP) is 3.95. The largest absolute Gasteiger partial charge is 0.368 e. The van der Waals surface area contributed by atoms with Crippen LogP contribution in [0.2, 0.25) is 0 Å². The summed E-state index contributed by atoms with van der Waals surface area (Å²) in [5.41, 5.74) is 8.17. The number of hydrogen-bond acceptors (Lipinski definition) is 5. The van der Waals surface area contributed by atoms with Crippen molar-refractivity contribution >= 4 is 28.1 Å². The van der Waals surface area contributed by atoms with E-state index in [1.54, 1.807) is 29.5 Å². The average Bonchev–Trinajstić information content (AvgIpc) is 3.31. The molecule has 2 aromatic heterocycles. The topological polar surface area (TPSA) is 90.0 Å². The number of para-hydroxylation sites is 1. The van der Waals surface area contributed by atoms with Gasteiger partial charge in [-0.3, -0.25) is 19.5 Å². The minimum atomic E-state index is -0.579. The van der Waals surface area contributed by atoms with Gasteiger partial charge in [0, 0.05) is 4.88 Å². The number of benzene rings is 2. The molecule has 0 bridgehead atoms. The number of hydrogen-bond donors (Lipinski definition) is 2. The molecule has 0 aliphatic heterocycles. The first-order valence-electron chi connectivity index (χ1n) is 10.6. The highest BCUT2D eigenvalue weighted by Gasteiger charge is 2.18. The Kier molecular flexibility index (Phi) is 6.48. The molecule has 7 heteroatoms. The van der Waals surface area contributed by atoms with Gasteiger partial charge >= 0.3 is 0 Å². The van der Waals surface area contributed by atoms with Crippen LogP contribution in [-0.2, 0) is 17.9 Å². The average molecular weight is 447 g/mol. The fraction of sp³-hybridized carbons (Fsp3) is 0.240. The maximum absolute atomic E-state index is 13.0. The summed E-state index contributed by atoms with van der Waals surface area (Å²) in [5, 5.41) is 6.06. The number of rotatable bonds is 8. The van der Waals surface area contributed by atoms with Crippen molar-refractivity contribution in [1.29, 1.82) is 0 Å². The maximum Gasteiger partial charge on any atom is 0.261 e. The Morgan fingerprint density at radius 3 is 2.44 bits per heavy atom. The SMILES string of the molecule is CC(C)c1ccc([C@H](NCc2nc3ccccc3c(=O)n2CC(N)=O)c2cccs2)cc1. The number of nitrogens with two attached hydrogens (primary N) is 1. The Bertz CT molecular complexity index is 1280. The Balaban J connectivity index is 1.70. The molecular weight excluding hydrogens is 420 g/mol. The minimum Gasteiger partial charge on any atom is -0.368 e. The molecule has 0 saturated carbocycles. The fourth-order valence-electron chi connectivity index (χ4n) is 3.77. The van der Waals surface area contributed by atoms with Gasteiger partial charge in [0.15, 0.2) is 0 Å². The minimum absolute atomic E-state index is 0.0680. The summed E-state index contributed by atoms with van der Waals surface area (Å²) < 4.78 is 1.37. The van der Waals surface area contributed by atoms with Crippen LogP contribution in [0.4, 0.5) is 0 Å². The van der Waals surface area contributed by atoms with E-state index in [1.807, 2.05) is 17.5 Å². The molecule has 164 valence electrons. The molecule has 6 nitrogen and oxygen atoms in total. The lowest BCUT2D eigenvalue weighted by atomic mass is 9.98. The maximum atomic E-state index is 13.0. The number of thiophene rings is 1. The normalized spacial score (nSPS) is 12.3. The van der Waals surface area contributed by atoms with Crippen LogP contribution in [0.1, 0.15) is 47.6 Å². The first-order valence-corrected chi connectivity index (χ1v) is 11.5. The molecule has 0 unspecified atom stereocenters. The first kappa shape index (κ1) is 21.9. The molecule has 2 heterocycles. The molecule has 0 aliphatic rings. The van der Waals surface area contributed by atoms with E-state index in [-0.39, 0.29) is 18.1 Å². The van der Waals surface area contributed by atoms with Crippen LogP contribution in [-0.4, -0.2) is 15.5 Å². The predicted molar refractivity (Wildman–Crippen MR) is 129 cm³/mol. The van der Waals surface area contributed by atoms with Crippen molar-refractivity contribution in [2.24, 2.45) is 5.73 Å². The van der Waals surface area contributed by atoms with E-state index in [4.69, 9.17) is 5.73 Å². The smallest absolute Gasteiger partial charge is 0.261 e. The first-order chi connectivity index (χ1) is 15.4. The third-order valence-electron chi connectivity index (χ3n) is 5.48. The van der Waals surface area contributed by atoms with Gasteiger partial charge < -0.3 is 5.73 Å². The number of nitrogens with one attached hydrogen (secondary N) is 1. The number of carbonyl (C=O) groups is 1. The lowest BCUT2D eigenvalue weighted by molar-refractivity contribution is -0.118. The van der Waals surface area contributed by atoms with Crippen molar-refractivity contribution in [3.63, 3.8) is 0 Å². The van der Waals surface area contributed by atoms with Crippen LogP contribution in [0.15, 0.2) is 70.8 Å². The van der Waals surface area contributed by atoms with Crippen molar-refractivity contribution in [2.75, 3.05) is 0 Å². The summed E-state index contributed by atoms with van der Waals surface area (Å²) in [6.07, 6.45) is 0. The number of aromatic nitrogens is 2. The fourth-order valence-corrected chi connectivity index (χ4v) is 4.60. The molecule has 2 aromatic carbocycles. The van der Waals surface area contributed by atoms with Crippen molar-refractivity contribution in [2.45, 2.75) is 38.9 Å². The molecular formula is C25H26N4O2S. The van der Waals surface area contributed by atoms with Gasteiger partial charge in [-0.05, 0) is 40.6 Å². The summed E-state index contributed by atoms with van der Waals surface area (Å²) in [7, 11) is 0. The lowest BCUT2D eigenvalue weighted by Crippen LogP contribution is -2.34. The zero-order valence-electron chi connectivity index (χ0n) is 18.1. The number of fused-ring (bicyclic) bond motifs is 1. The summed E-state index contributed by atoms with van der Waals surface area (Å²) in [5.74, 6) is 0.361. The van der Waals surface area contributed by atoms with Gasteiger partial charge in [-0.25, -0.2) is 4.98 Å². The van der Waals surface area contributed by atoms with Crippen molar-refractivity contribution < 1.29 is 4.79 Å². The number of primary amides is 1. The molecule has 32 heavy (non-hydrogen) atoms. The van der Waals surface area contributed by atoms with E-state index >= 15 is 0 Å². The Morgan fingerprint density at radius 2 is 1.78 bits per heavy atom. The molecule has 1 amide bonds. The molecule has 0 aliphatic carbocycles. The van der Waals surface area contributed by atoms with Crippen molar-refractivity contribution in [1.82, 2.24) is 14.9 Å². The van der Waals surface area contributed by atoms with E-state index in [0.29, 0.717) is 29.2 Å². The lowest BCUT2D eigenvalue weighted by Gasteiger charge is -2.20. The second-order valence-electron chi connectivity index (χ2n) is 8.05. The third kappa shape index (κ3) is 4.64. The van der Waals surface area contributed by atoms with Gasteiger partial charge in [0.2, 0.25) is 5.91 Å². The van der Waals surface area contributed by atoms with Crippen LogP contribution in [0.25, 0.3) is 10.9 Å². The van der Waals surface area contributed by atoms with Gasteiger partial charge in [0.05, 0.1) is 23.5 Å². The van der Waals surface area contributed by atoms with Gasteiger partial charge in [-0.2, -0.15) is 0 Å². The summed E-state index contributed by atoms with van der Waals surface area (Å²) in [6, 6.07) is 19.8. The Labute approximate surface area is 190 Å². The molecule has 0 radical (unpaired) electrons. The van der Waals surface area contributed by atoms with Gasteiger partial charge in [-0.15, -0.1) is 11.3 Å². The van der Waals surface area contributed by atoms with Gasteiger partial charge in [0.25, 0.3) is 5.56 Å². The zero-order valence-corrected chi connectivity index (χ0v) is 18.9. The quantitative estimate of drug-likeness (QED) is 0.429. The van der Waals surface area contributed by atoms with Crippen LogP contribution >= 0.6 is 11.3 Å². The summed E-state index contributed by atoms with van der Waals surface area (Å²) in [6.45, 7) is 4.45. The van der Waals surface area contributed by atoms with Crippen molar-refractivity contribution in [3.05, 3.63) is 98.2 Å². The molecule has 3 N–H and O–H groups in total. The highest BCUT2D eigenvalue weighted by molar-refractivity contribution is 7.10. The standard InChI is InChI=1S/C25H26N4O2S/c1-16(2)17-9-11-18(12-10-17)24(21-8-5-13-32-21)27-14-23-28-20-7-4-3-6-19(20)25(31)29(23)15-22(26)30/h3-13,16,24,27H,14-15H2,1-2H3,(H2,26,30)/t24-/m0/s1. The van der Waals surface area contributed by atoms with Crippen LogP contribution in [0.3, 0.4) is 0 Å². The van der Waals surface area contributed by atoms with E-state index in [2.05, 4.69) is 54.5 Å². The van der Waals surface area contributed by atoms with Gasteiger partial charge in [0.1, 0.15) is 12.4 Å². The summed E-state index contributed by atoms with van der Waals surface area (Å²) in [4.78, 5) is 30.5. The highest BCUT2D eigenvalue weighted by Crippen LogP contribution is 2.28. The number of carbonyl (C=O) groups excluding carboxylic acids is 1. The Hall–Kier alpha value is -3.29. The van der Waals surface area contributed by atoms with Crippen LogP contribution in [0, 0.1) is 0 Å².